The van der Waals surface area contributed by atoms with E-state index in [1.54, 1.807) is 0 Å². The molecule has 0 saturated carbocycles. The summed E-state index contributed by atoms with van der Waals surface area (Å²) in [6, 6.07) is 35.8. The summed E-state index contributed by atoms with van der Waals surface area (Å²) in [6.07, 6.45) is 19.1. The number of hydrogen-bond acceptors (Lipinski definition) is 4. The average Bonchev–Trinajstić information content (AvgIpc) is 3.42. The normalized spacial score (nSPS) is 17.0. The summed E-state index contributed by atoms with van der Waals surface area (Å²) in [5.74, 6) is 0. The molecule has 0 spiro atoms. The minimum atomic E-state index is 0.134. The molecule has 1 aromatic heterocycles. The second-order valence-corrected chi connectivity index (χ2v) is 11.9. The molecule has 0 bridgehead atoms. The molecule has 0 saturated heterocycles. The van der Waals surface area contributed by atoms with E-state index >= 15 is 0 Å². The maximum atomic E-state index is 3.52. The molecule has 1 unspecified atom stereocenters. The van der Waals surface area contributed by atoms with Crippen molar-refractivity contribution in [1.29, 1.82) is 0 Å². The molecule has 0 amide bonds. The lowest BCUT2D eigenvalue weighted by molar-refractivity contribution is 0.745. The van der Waals surface area contributed by atoms with Gasteiger partial charge in [0, 0.05) is 52.4 Å². The highest BCUT2D eigenvalue weighted by atomic mass is 15.2. The first kappa shape index (κ1) is 26.5. The maximum Gasteiger partial charge on any atom is 0.0696 e. The zero-order chi connectivity index (χ0) is 30.5. The van der Waals surface area contributed by atoms with Crippen LogP contribution in [-0.4, -0.2) is 11.1 Å². The summed E-state index contributed by atoms with van der Waals surface area (Å²) in [7, 11) is 0. The van der Waals surface area contributed by atoms with E-state index in [4.69, 9.17) is 0 Å². The van der Waals surface area contributed by atoms with E-state index in [1.165, 1.54) is 50.5 Å². The van der Waals surface area contributed by atoms with Crippen molar-refractivity contribution in [3.05, 3.63) is 168 Å². The Labute approximate surface area is 269 Å². The highest BCUT2D eigenvalue weighted by Crippen LogP contribution is 2.54. The van der Waals surface area contributed by atoms with Crippen LogP contribution in [0.1, 0.15) is 28.4 Å². The van der Waals surface area contributed by atoms with Gasteiger partial charge in [0.2, 0.25) is 0 Å². The number of dihydropyridines is 2. The van der Waals surface area contributed by atoms with Gasteiger partial charge in [0.05, 0.1) is 28.8 Å². The van der Waals surface area contributed by atoms with Gasteiger partial charge < -0.3 is 25.4 Å². The first-order valence-electron chi connectivity index (χ1n) is 15.9. The number of anilines is 3. The van der Waals surface area contributed by atoms with Gasteiger partial charge in [0.15, 0.2) is 0 Å². The van der Waals surface area contributed by atoms with Crippen molar-refractivity contribution in [2.45, 2.75) is 12.6 Å². The van der Waals surface area contributed by atoms with Crippen LogP contribution in [0.4, 0.5) is 17.1 Å². The Kier molecular flexibility index (Phi) is 6.27. The smallest absolute Gasteiger partial charge is 0.0696 e. The van der Waals surface area contributed by atoms with Gasteiger partial charge in [-0.15, -0.1) is 0 Å². The fourth-order valence-corrected chi connectivity index (χ4v) is 7.22. The van der Waals surface area contributed by atoms with Crippen LogP contribution in [0.3, 0.4) is 0 Å². The minimum absolute atomic E-state index is 0.134. The molecule has 5 heteroatoms. The van der Waals surface area contributed by atoms with E-state index in [9.17, 15) is 0 Å². The van der Waals surface area contributed by atoms with E-state index in [0.29, 0.717) is 0 Å². The molecule has 0 aliphatic carbocycles. The molecule has 5 aromatic rings. The molecule has 1 atom stereocenters. The fraction of sp³-hybridized carbons (Fsp3) is 0.0732. The van der Waals surface area contributed by atoms with Gasteiger partial charge in [-0.25, -0.2) is 0 Å². The molecule has 9 rings (SSSR count). The van der Waals surface area contributed by atoms with Crippen LogP contribution in [0.5, 0.6) is 0 Å². The number of rotatable bonds is 4. The molecule has 3 N–H and O–H groups in total. The molecule has 0 fully saturated rings. The molecule has 46 heavy (non-hydrogen) atoms. The first-order valence-corrected chi connectivity index (χ1v) is 15.9. The van der Waals surface area contributed by atoms with Crippen LogP contribution in [0.2, 0.25) is 0 Å². The Hall–Kier alpha value is -5.94. The standard InChI is InChI=1S/C41H33N5/c1-3-16-37-32(12-1)40-34-27-42-25-22-39(34)46(31-11-9-10-29(26-31)36-15-6-8-24-44-36)41(40)33-13-2-4-17-38(33)45(37)30-20-18-28(19-21-30)35-14-5-7-23-43-35/h1-22,24-26,36,42-44H,23,27H2. The summed E-state index contributed by atoms with van der Waals surface area (Å²) >= 11 is 0. The lowest BCUT2D eigenvalue weighted by Gasteiger charge is -2.28. The molecule has 5 nitrogen and oxygen atoms in total. The van der Waals surface area contributed by atoms with Crippen LogP contribution < -0.4 is 20.9 Å². The van der Waals surface area contributed by atoms with E-state index in [-0.39, 0.29) is 6.04 Å². The second kappa shape index (κ2) is 10.9. The number of fused-ring (bicyclic) bond motifs is 7. The van der Waals surface area contributed by atoms with Crippen LogP contribution in [0.15, 0.2) is 146 Å². The maximum absolute atomic E-state index is 3.52. The minimum Gasteiger partial charge on any atom is -0.387 e. The summed E-state index contributed by atoms with van der Waals surface area (Å²) in [5, 5.41) is 10.5. The summed E-state index contributed by atoms with van der Waals surface area (Å²) in [5.41, 5.74) is 15.6. The molecule has 0 radical (unpaired) electrons. The summed E-state index contributed by atoms with van der Waals surface area (Å²) in [4.78, 5) is 2.43. The largest absolute Gasteiger partial charge is 0.387 e. The Balaban J connectivity index is 1.28. The first-order chi connectivity index (χ1) is 22.8. The van der Waals surface area contributed by atoms with Crippen LogP contribution in [0, 0.1) is 0 Å². The topological polar surface area (TPSA) is 44.3 Å². The third kappa shape index (κ3) is 4.24. The Bertz CT molecular complexity index is 2140. The molecular weight excluding hydrogens is 562 g/mol. The van der Waals surface area contributed by atoms with Gasteiger partial charge >= 0.3 is 0 Å². The fourth-order valence-electron chi connectivity index (χ4n) is 7.22. The summed E-state index contributed by atoms with van der Waals surface area (Å²) < 4.78 is 2.48. The lowest BCUT2D eigenvalue weighted by Crippen LogP contribution is -2.16. The number of nitrogens with one attached hydrogen (secondary N) is 3. The molecule has 4 aromatic carbocycles. The van der Waals surface area contributed by atoms with Crippen molar-refractivity contribution < 1.29 is 0 Å². The van der Waals surface area contributed by atoms with Gasteiger partial charge in [-0.05, 0) is 78.2 Å². The zero-order valence-electron chi connectivity index (χ0n) is 25.3. The number of aromatic nitrogens is 1. The molecule has 222 valence electrons. The van der Waals surface area contributed by atoms with Gasteiger partial charge in [-0.3, -0.25) is 0 Å². The van der Waals surface area contributed by atoms with Crippen molar-refractivity contribution >= 4 is 28.8 Å². The number of benzene rings is 4. The monoisotopic (exact) mass is 595 g/mol. The molecule has 5 heterocycles. The SMILES string of the molecule is C1=CCNC(c2ccc(N3c4ccccc4-c4c5c(n(-c6cccc(C7C=CC=CN7)c6)c4-c4ccccc43)C=CNC5)cc2)=C1. The second-order valence-electron chi connectivity index (χ2n) is 11.9. The summed E-state index contributed by atoms with van der Waals surface area (Å²) in [6.45, 7) is 1.62. The van der Waals surface area contributed by atoms with Crippen LogP contribution >= 0.6 is 0 Å². The van der Waals surface area contributed by atoms with Gasteiger partial charge in [-0.1, -0.05) is 85.0 Å². The third-order valence-corrected chi connectivity index (χ3v) is 9.28. The van der Waals surface area contributed by atoms with Crippen molar-refractivity contribution in [2.24, 2.45) is 0 Å². The molecular formula is C41H33N5. The number of allylic oxidation sites excluding steroid dienone is 4. The van der Waals surface area contributed by atoms with Crippen molar-refractivity contribution in [3.63, 3.8) is 0 Å². The highest BCUT2D eigenvalue weighted by molar-refractivity contribution is 6.04. The number of nitrogens with zero attached hydrogens (tertiary/aromatic N) is 2. The van der Waals surface area contributed by atoms with Crippen LogP contribution in [0.25, 0.3) is 39.8 Å². The van der Waals surface area contributed by atoms with Crippen LogP contribution in [-0.2, 0) is 6.54 Å². The predicted octanol–water partition coefficient (Wildman–Crippen LogP) is 8.88. The van der Waals surface area contributed by atoms with Crippen molar-refractivity contribution in [3.8, 4) is 28.1 Å². The molecule has 4 aliphatic rings. The Morgan fingerprint density at radius 1 is 0.717 bits per heavy atom. The lowest BCUT2D eigenvalue weighted by atomic mass is 9.96. The molecule has 4 aliphatic heterocycles. The van der Waals surface area contributed by atoms with Crippen molar-refractivity contribution in [2.75, 3.05) is 11.4 Å². The third-order valence-electron chi connectivity index (χ3n) is 9.28. The zero-order valence-corrected chi connectivity index (χ0v) is 25.3. The van der Waals surface area contributed by atoms with Crippen molar-refractivity contribution in [1.82, 2.24) is 20.5 Å². The number of para-hydroxylation sites is 2. The van der Waals surface area contributed by atoms with E-state index in [1.807, 2.05) is 12.3 Å². The van der Waals surface area contributed by atoms with E-state index in [0.717, 1.165) is 35.8 Å². The van der Waals surface area contributed by atoms with Gasteiger partial charge in [-0.2, -0.15) is 0 Å². The average molecular weight is 596 g/mol. The Morgan fingerprint density at radius 2 is 1.54 bits per heavy atom. The highest BCUT2D eigenvalue weighted by Gasteiger charge is 2.33. The number of hydrogen-bond donors (Lipinski definition) is 3. The van der Waals surface area contributed by atoms with Gasteiger partial charge in [0.25, 0.3) is 0 Å². The van der Waals surface area contributed by atoms with E-state index in [2.05, 4.69) is 165 Å². The predicted molar refractivity (Wildman–Crippen MR) is 190 cm³/mol. The van der Waals surface area contributed by atoms with E-state index < -0.39 is 0 Å². The Morgan fingerprint density at radius 3 is 2.35 bits per heavy atom. The van der Waals surface area contributed by atoms with Gasteiger partial charge in [0.1, 0.15) is 0 Å². The quantitative estimate of drug-likeness (QED) is 0.190.